The number of fused-ring (bicyclic) bond motifs is 2. The fraction of sp³-hybridized carbons (Fsp3) is 0.350. The smallest absolute Gasteiger partial charge is 0.411 e. The maximum Gasteiger partial charge on any atom is 0.411 e. The molecule has 21 rings (SSSR count). The van der Waals surface area contributed by atoms with E-state index in [9.17, 15) is 51.9 Å². The molecule has 15 heterocycles. The van der Waals surface area contributed by atoms with Gasteiger partial charge in [0.25, 0.3) is 0 Å². The third-order valence-corrected chi connectivity index (χ3v) is 25.9. The van der Waals surface area contributed by atoms with E-state index in [4.69, 9.17) is 39.5 Å². The quantitative estimate of drug-likeness (QED) is 0.0320. The van der Waals surface area contributed by atoms with Crippen LogP contribution in [0.5, 0.6) is 0 Å². The van der Waals surface area contributed by atoms with Gasteiger partial charge in [0.2, 0.25) is 23.6 Å². The van der Waals surface area contributed by atoms with Gasteiger partial charge in [0.15, 0.2) is 17.1 Å². The molecule has 700 valence electrons. The summed E-state index contributed by atoms with van der Waals surface area (Å²) in [6.45, 7) is 12.0. The molecule has 137 heavy (non-hydrogen) atoms. The number of ketones is 2. The molecule has 1 saturated carbocycles. The normalized spacial score (nSPS) is 21.6. The van der Waals surface area contributed by atoms with E-state index in [-0.39, 0.29) is 92.6 Å². The largest absolute Gasteiger partial charge is 0.439 e. The summed E-state index contributed by atoms with van der Waals surface area (Å²) in [5.41, 5.74) is 11.6. The number of anilines is 4. The van der Waals surface area contributed by atoms with Crippen molar-refractivity contribution < 1.29 is 71.2 Å². The Morgan fingerprint density at radius 3 is 1.31 bits per heavy atom. The van der Waals surface area contributed by atoms with Crippen molar-refractivity contribution in [2.45, 2.75) is 132 Å². The Morgan fingerprint density at radius 2 is 0.854 bits per heavy atom. The lowest BCUT2D eigenvalue weighted by Crippen LogP contribution is -2.52. The Labute approximate surface area is 789 Å². The summed E-state index contributed by atoms with van der Waals surface area (Å²) in [6.07, 6.45) is 6.96. The lowest BCUT2D eigenvalue weighted by atomic mass is 9.92. The van der Waals surface area contributed by atoms with Gasteiger partial charge < -0.3 is 44.2 Å². The number of hydrogen-bond donors (Lipinski definition) is 4. The highest BCUT2D eigenvalue weighted by Crippen LogP contribution is 2.40. The van der Waals surface area contributed by atoms with Crippen LogP contribution in [0, 0.1) is 47.2 Å². The van der Waals surface area contributed by atoms with Crippen molar-refractivity contribution >= 4 is 88.0 Å². The van der Waals surface area contributed by atoms with E-state index in [1.165, 1.54) is 26.8 Å². The SMILES string of the molecule is CCC#Cc1cccc([C@H]2CN(C3CCC(=O)NC3=O)C(=O)O2)c1.Fc1cccc([C@H]2CCCN2c2ccc3ncc(-c4cccc(N5CCNCC5)n4)n3n2)c1.O=C1CCC(N2CC(c3cccc(C#CCO)c3)OC2=O)C(=O)N1.O=C1CCC(N2C[C@H](c3cccc(C#CCN4CCN(c5cccc(-c6cnc7ccc(N8CCC[C@@H]8c8cccc(F)c8)nn67)n5)CC4)c3)OC2=O)C(=O)C1. The van der Waals surface area contributed by atoms with Gasteiger partial charge in [0.1, 0.15) is 89.1 Å². The minimum atomic E-state index is -0.683. The van der Waals surface area contributed by atoms with Crippen LogP contribution < -0.4 is 35.6 Å². The average Bonchev–Trinajstić information content (AvgIpc) is 1.67. The first-order chi connectivity index (χ1) is 66.8. The number of nitrogens with one attached hydrogen (secondary N) is 3. The highest BCUT2D eigenvalue weighted by atomic mass is 19.1. The molecule has 5 aromatic carbocycles. The summed E-state index contributed by atoms with van der Waals surface area (Å²) in [4.78, 5) is 142. The highest BCUT2D eigenvalue weighted by Gasteiger charge is 2.46. The summed E-state index contributed by atoms with van der Waals surface area (Å²) in [6, 6.07) is 54.6. The number of nitrogens with zero attached hydrogens (tertiary/aromatic N) is 16. The van der Waals surface area contributed by atoms with Crippen LogP contribution >= 0.6 is 0 Å². The number of hydrogen-bond acceptors (Lipinski definition) is 25. The molecular weight excluding hydrogens is 1750 g/mol. The number of Topliss-reactive ketones (excluding diaryl/α,β-unsaturated/α-hetero) is 2. The van der Waals surface area contributed by atoms with Gasteiger partial charge in [-0.2, -0.15) is 0 Å². The van der Waals surface area contributed by atoms with Gasteiger partial charge in [-0.05, 0) is 182 Å². The molecule has 8 atom stereocenters. The van der Waals surface area contributed by atoms with Crippen molar-refractivity contribution in [2.24, 2.45) is 0 Å². The molecule has 10 fully saturated rings. The molecule has 4 unspecified atom stereocenters. The van der Waals surface area contributed by atoms with Gasteiger partial charge in [-0.15, -0.1) is 10.2 Å². The number of aromatic nitrogens is 8. The first-order valence-corrected chi connectivity index (χ1v) is 46.4. The molecule has 0 bridgehead atoms. The summed E-state index contributed by atoms with van der Waals surface area (Å²) in [5.74, 6) is 19.3. The maximum atomic E-state index is 14.1. The Hall–Kier alpha value is -15.3. The van der Waals surface area contributed by atoms with E-state index in [1.54, 1.807) is 42.5 Å². The Bertz CT molecular complexity index is 6510. The molecule has 9 aliphatic heterocycles. The van der Waals surface area contributed by atoms with E-state index in [0.717, 1.165) is 194 Å². The molecular formula is C103H101F2N19O13. The van der Waals surface area contributed by atoms with Crippen molar-refractivity contribution in [1.29, 1.82) is 0 Å². The van der Waals surface area contributed by atoms with Crippen LogP contribution in [0.15, 0.2) is 194 Å². The van der Waals surface area contributed by atoms with E-state index in [2.05, 4.69) is 92.0 Å². The third-order valence-electron chi connectivity index (χ3n) is 25.9. The molecule has 0 spiro atoms. The summed E-state index contributed by atoms with van der Waals surface area (Å²) >= 11 is 0. The van der Waals surface area contributed by atoms with Crippen molar-refractivity contribution in [3.8, 4) is 58.3 Å². The molecule has 6 aromatic heterocycles. The van der Waals surface area contributed by atoms with E-state index < -0.39 is 66.5 Å². The van der Waals surface area contributed by atoms with Gasteiger partial charge in [-0.25, -0.2) is 52.1 Å². The topological polar surface area (TPSA) is 350 Å². The number of carbonyl (C=O) groups excluding carboxylic acids is 9. The van der Waals surface area contributed by atoms with Crippen LogP contribution in [0.4, 0.5) is 46.4 Å². The summed E-state index contributed by atoms with van der Waals surface area (Å²) in [5, 5.41) is 26.6. The number of aliphatic hydroxyl groups is 1. The van der Waals surface area contributed by atoms with E-state index in [0.29, 0.717) is 37.8 Å². The molecule has 1 aliphatic carbocycles. The fourth-order valence-electron chi connectivity index (χ4n) is 19.0. The molecule has 4 N–H and O–H groups in total. The first-order valence-electron chi connectivity index (χ1n) is 46.4. The lowest BCUT2D eigenvalue weighted by Gasteiger charge is -2.34. The number of pyridine rings is 2. The maximum absolute atomic E-state index is 14.1. The van der Waals surface area contributed by atoms with Crippen LogP contribution in [-0.4, -0.2) is 234 Å². The van der Waals surface area contributed by atoms with Crippen LogP contribution in [0.2, 0.25) is 0 Å². The second-order valence-electron chi connectivity index (χ2n) is 34.8. The molecule has 32 nitrogen and oxygen atoms in total. The van der Waals surface area contributed by atoms with Crippen LogP contribution in [0.3, 0.4) is 0 Å². The molecule has 34 heteroatoms. The molecule has 10 aliphatic rings. The second-order valence-corrected chi connectivity index (χ2v) is 34.8. The number of piperazine rings is 2. The van der Waals surface area contributed by atoms with Crippen molar-refractivity contribution in [1.82, 2.24) is 74.7 Å². The van der Waals surface area contributed by atoms with Gasteiger partial charge in [0.05, 0.1) is 74.5 Å². The van der Waals surface area contributed by atoms with Crippen LogP contribution in [-0.2, 0) is 43.0 Å². The van der Waals surface area contributed by atoms with Gasteiger partial charge in [-0.3, -0.25) is 59.0 Å². The van der Waals surface area contributed by atoms with Crippen molar-refractivity contribution in [3.05, 3.63) is 251 Å². The molecule has 0 radical (unpaired) electrons. The third kappa shape index (κ3) is 21.4. The number of benzene rings is 5. The molecule has 11 aromatic rings. The number of piperidine rings is 2. The predicted molar refractivity (Wildman–Crippen MR) is 503 cm³/mol. The standard InChI is InChI=1S/C43H41FN8O4.C25H26FN7.C18H18N2O4.C17H16N2O5/c44-32-10-2-8-30(25-32)35-12-5-19-50(35)42-17-16-40-45-27-37(52(40)47-42)34-11-3-13-41(46-34)49-22-20-48(21-23-49)18-4-7-29-6-1-9-31(24-29)39-28-51(43(55)56-39)36-15-14-33(53)26-38(36)54;26-19-5-1-4-18(16-19)21-7-3-13-32(21)25-10-9-23-28-17-22(33(23)30-25)20-6-2-8-24(29-20)31-14-11-27-12-15-31;1-2-3-5-12-6-4-7-13(10-12)15-11-20(18(23)24-15)14-8-9-16(21)19-17(14)22;20-8-2-4-11-3-1-5-12(9-11)14-10-19(17(23)24-14)13-6-7-15(21)18-16(13)22/h1-3,6,8-11,13,16-17,24-25,27,35-36,39H,5,12,14-15,18-23,26,28H2;1-2,4-6,8-10,16-17,21,27H,3,7,11-15H2;4,6-7,10,14-15H,2,8-9,11H2,1H3,(H,19,21,22);1,3,5,9,13-14,20H,6-8,10H2,(H,18,21,22)/t35-,36?,39-;21-;14?,15-;/m111./s1. The number of aliphatic hydroxyl groups excluding tert-OH is 1. The van der Waals surface area contributed by atoms with Gasteiger partial charge in [0, 0.05) is 108 Å². The monoisotopic (exact) mass is 1850 g/mol. The summed E-state index contributed by atoms with van der Waals surface area (Å²) < 4.78 is 48.1. The second kappa shape index (κ2) is 42.1. The molecule has 7 amide bonds. The Morgan fingerprint density at radius 1 is 0.423 bits per heavy atom. The fourth-order valence-corrected chi connectivity index (χ4v) is 19.0. The van der Waals surface area contributed by atoms with Gasteiger partial charge in [-0.1, -0.05) is 115 Å². The lowest BCUT2D eigenvalue weighted by molar-refractivity contribution is -0.138. The zero-order valence-electron chi connectivity index (χ0n) is 75.4. The van der Waals surface area contributed by atoms with E-state index >= 15 is 0 Å². The van der Waals surface area contributed by atoms with Gasteiger partial charge >= 0.3 is 18.3 Å². The summed E-state index contributed by atoms with van der Waals surface area (Å²) in [7, 11) is 0. The minimum absolute atomic E-state index is 0.0633. The van der Waals surface area contributed by atoms with Crippen molar-refractivity contribution in [3.63, 3.8) is 0 Å². The zero-order valence-corrected chi connectivity index (χ0v) is 75.4. The Balaban J connectivity index is 0.000000131. The number of carbonyl (C=O) groups is 9. The number of imide groups is 2. The zero-order chi connectivity index (χ0) is 94.6. The van der Waals surface area contributed by atoms with E-state index in [1.807, 2.05) is 150 Å². The van der Waals surface area contributed by atoms with Crippen molar-refractivity contribution in [2.75, 3.05) is 118 Å². The number of halogens is 2. The number of ether oxygens (including phenoxy) is 3. The first kappa shape index (κ1) is 92.2. The predicted octanol–water partition coefficient (Wildman–Crippen LogP) is 11.4. The van der Waals surface area contributed by atoms with Crippen LogP contribution in [0.25, 0.3) is 34.1 Å². The molecule has 9 saturated heterocycles. The number of imidazole rings is 2. The highest BCUT2D eigenvalue weighted by molar-refractivity contribution is 6.05. The number of amides is 7. The van der Waals surface area contributed by atoms with Crippen LogP contribution in [0.1, 0.15) is 159 Å². The number of cyclic esters (lactones) is 3. The number of rotatable bonds is 15. The Kier molecular flexibility index (Phi) is 28.3. The minimum Gasteiger partial charge on any atom is -0.439 e. The average molecular weight is 1850 g/mol.